The molecule has 1 atom stereocenters. The van der Waals surface area contributed by atoms with Crippen molar-refractivity contribution < 1.29 is 24.6 Å². The van der Waals surface area contributed by atoms with E-state index in [1.54, 1.807) is 17.0 Å². The van der Waals surface area contributed by atoms with Crippen molar-refractivity contribution in [2.24, 2.45) is 0 Å². The van der Waals surface area contributed by atoms with Gasteiger partial charge in [0.15, 0.2) is 0 Å². The normalized spacial score (nSPS) is 20.7. The number of piperazine rings is 1. The van der Waals surface area contributed by atoms with Crippen LogP contribution >= 0.6 is 0 Å². The summed E-state index contributed by atoms with van der Waals surface area (Å²) in [6.45, 7) is 8.09. The van der Waals surface area contributed by atoms with Crippen LogP contribution in [-0.4, -0.2) is 95.2 Å². The fourth-order valence-corrected chi connectivity index (χ4v) is 8.82. The molecule has 4 heterocycles. The monoisotopic (exact) mass is 739 g/mol. The van der Waals surface area contributed by atoms with Crippen molar-refractivity contribution in [1.82, 2.24) is 15.1 Å². The van der Waals surface area contributed by atoms with E-state index in [1.807, 2.05) is 30.3 Å². The molecule has 4 aliphatic rings. The van der Waals surface area contributed by atoms with Crippen LogP contribution < -0.4 is 15.1 Å². The number of phenols is 1. The first kappa shape index (κ1) is 36.5. The van der Waals surface area contributed by atoms with Crippen molar-refractivity contribution in [3.05, 3.63) is 125 Å². The Balaban J connectivity index is 0.868. The number of nitrogens with one attached hydrogen (secondary N) is 1. The highest BCUT2D eigenvalue weighted by atomic mass is 16.3. The van der Waals surface area contributed by atoms with Crippen LogP contribution in [0.5, 0.6) is 5.75 Å². The number of amides is 3. The molecule has 4 aromatic carbocycles. The predicted molar refractivity (Wildman–Crippen MR) is 215 cm³/mol. The van der Waals surface area contributed by atoms with Crippen LogP contribution in [0.1, 0.15) is 71.6 Å². The van der Waals surface area contributed by atoms with Gasteiger partial charge in [0.05, 0.1) is 5.60 Å². The topological polar surface area (TPSA) is 117 Å². The Morgan fingerprint density at radius 3 is 2.05 bits per heavy atom. The van der Waals surface area contributed by atoms with E-state index in [1.165, 1.54) is 11.1 Å². The lowest BCUT2D eigenvalue weighted by molar-refractivity contribution is -0.136. The highest BCUT2D eigenvalue weighted by Crippen LogP contribution is 2.37. The lowest BCUT2D eigenvalue weighted by atomic mass is 9.87. The number of imide groups is 1. The average molecular weight is 740 g/mol. The molecule has 0 aromatic heterocycles. The lowest BCUT2D eigenvalue weighted by Crippen LogP contribution is -2.55. The van der Waals surface area contributed by atoms with Gasteiger partial charge in [0.2, 0.25) is 11.8 Å². The number of anilines is 2. The van der Waals surface area contributed by atoms with Crippen LogP contribution in [0.4, 0.5) is 11.4 Å². The number of hydrogen-bond donors (Lipinski definition) is 3. The Morgan fingerprint density at radius 2 is 1.40 bits per heavy atom. The van der Waals surface area contributed by atoms with Crippen LogP contribution in [0.3, 0.4) is 0 Å². The maximum atomic E-state index is 13.2. The van der Waals surface area contributed by atoms with Crippen molar-refractivity contribution in [3.63, 3.8) is 0 Å². The van der Waals surface area contributed by atoms with E-state index < -0.39 is 17.6 Å². The first-order valence-corrected chi connectivity index (χ1v) is 19.6. The summed E-state index contributed by atoms with van der Waals surface area (Å²) >= 11 is 0. The number of aliphatic hydroxyl groups is 1. The number of benzene rings is 4. The van der Waals surface area contributed by atoms with Gasteiger partial charge in [-0.2, -0.15) is 0 Å². The lowest BCUT2D eigenvalue weighted by Gasteiger charge is -2.44. The molecular formula is C45H49N5O5. The smallest absolute Gasteiger partial charge is 0.255 e. The molecule has 55 heavy (non-hydrogen) atoms. The number of allylic oxidation sites excluding steroid dienone is 1. The van der Waals surface area contributed by atoms with E-state index >= 15 is 0 Å². The molecule has 0 aliphatic carbocycles. The molecule has 0 bridgehead atoms. The second-order valence-corrected chi connectivity index (χ2v) is 15.4. The van der Waals surface area contributed by atoms with Gasteiger partial charge in [0, 0.05) is 75.7 Å². The maximum Gasteiger partial charge on any atom is 0.255 e. The fraction of sp³-hybridized carbons (Fsp3) is 0.356. The summed E-state index contributed by atoms with van der Waals surface area (Å²) in [5, 5.41) is 24.1. The highest BCUT2D eigenvalue weighted by Gasteiger charge is 2.40. The Morgan fingerprint density at radius 1 is 0.764 bits per heavy atom. The van der Waals surface area contributed by atoms with Gasteiger partial charge in [-0.25, -0.2) is 0 Å². The summed E-state index contributed by atoms with van der Waals surface area (Å²) in [6.07, 6.45) is 2.86. The van der Waals surface area contributed by atoms with Crippen LogP contribution in [0.15, 0.2) is 97.1 Å². The SMILES string of the molecule is CCC(=C(c1ccc(O)cc1)c1ccc(N2CCC(O)(CN3CCN(c4ccc5c(c4)CN(C4CCC(=O)NC4=O)C5=O)CC3)CC2)cc1)c1ccccc1. The molecule has 0 spiro atoms. The van der Waals surface area contributed by atoms with Gasteiger partial charge >= 0.3 is 0 Å². The molecule has 10 heteroatoms. The highest BCUT2D eigenvalue weighted by molar-refractivity contribution is 6.05. The van der Waals surface area contributed by atoms with Gasteiger partial charge in [0.25, 0.3) is 5.91 Å². The molecule has 4 aromatic rings. The number of β-amino-alcohol motifs (C(OH)–C–C–N with tert-alkyl or cyclic N) is 1. The van der Waals surface area contributed by atoms with Gasteiger partial charge in [0.1, 0.15) is 11.8 Å². The number of hydrogen-bond acceptors (Lipinski definition) is 8. The van der Waals surface area contributed by atoms with Crippen molar-refractivity contribution in [2.45, 2.75) is 57.2 Å². The van der Waals surface area contributed by atoms with E-state index in [2.05, 4.69) is 81.5 Å². The molecule has 1 unspecified atom stereocenters. The van der Waals surface area contributed by atoms with Crippen molar-refractivity contribution in [1.29, 1.82) is 0 Å². The Hall–Kier alpha value is -5.45. The Kier molecular flexibility index (Phi) is 10.2. The molecule has 3 N–H and O–H groups in total. The second kappa shape index (κ2) is 15.4. The first-order valence-electron chi connectivity index (χ1n) is 19.6. The van der Waals surface area contributed by atoms with E-state index in [0.29, 0.717) is 37.9 Å². The zero-order valence-corrected chi connectivity index (χ0v) is 31.4. The molecule has 8 rings (SSSR count). The van der Waals surface area contributed by atoms with Crippen molar-refractivity contribution >= 4 is 40.2 Å². The zero-order chi connectivity index (χ0) is 38.1. The Bertz CT molecular complexity index is 2080. The minimum absolute atomic E-state index is 0.154. The van der Waals surface area contributed by atoms with Crippen molar-refractivity contribution in [2.75, 3.05) is 55.6 Å². The summed E-state index contributed by atoms with van der Waals surface area (Å²) in [4.78, 5) is 45.9. The molecule has 3 fully saturated rings. The van der Waals surface area contributed by atoms with Crippen LogP contribution in [0.25, 0.3) is 11.1 Å². The van der Waals surface area contributed by atoms with Crippen LogP contribution in [0, 0.1) is 0 Å². The van der Waals surface area contributed by atoms with Gasteiger partial charge in [-0.1, -0.05) is 61.5 Å². The van der Waals surface area contributed by atoms with Gasteiger partial charge < -0.3 is 24.9 Å². The zero-order valence-electron chi connectivity index (χ0n) is 31.4. The standard InChI is InChI=1S/C45H49N5O5/c1-2-38(31-6-4-3-5-7-31)42(33-10-15-37(51)16-11-33)32-8-12-35(13-9-32)48-22-20-45(55,21-23-48)30-47-24-26-49(27-25-47)36-14-17-39-34(28-36)29-50(44(39)54)40-18-19-41(52)46-43(40)53/h3-17,28,40,51,55H,2,18-27,29-30H2,1H3,(H,46,52,53). The summed E-state index contributed by atoms with van der Waals surface area (Å²) in [5.74, 6) is -0.583. The second-order valence-electron chi connectivity index (χ2n) is 15.4. The number of aromatic hydroxyl groups is 1. The third-order valence-electron chi connectivity index (χ3n) is 11.9. The van der Waals surface area contributed by atoms with E-state index in [0.717, 1.165) is 79.3 Å². The number of carbonyl (C=O) groups excluding carboxylic acids is 3. The van der Waals surface area contributed by atoms with Gasteiger partial charge in [-0.15, -0.1) is 0 Å². The number of phenolic OH excluding ortho intramolecular Hbond substituents is 1. The van der Waals surface area contributed by atoms with Crippen LogP contribution in [0.2, 0.25) is 0 Å². The first-order chi connectivity index (χ1) is 26.7. The Labute approximate surface area is 322 Å². The maximum absolute atomic E-state index is 13.2. The summed E-state index contributed by atoms with van der Waals surface area (Å²) in [7, 11) is 0. The molecule has 4 aliphatic heterocycles. The molecule has 3 amide bonds. The number of fused-ring (bicyclic) bond motifs is 1. The molecule has 284 valence electrons. The summed E-state index contributed by atoms with van der Waals surface area (Å²) < 4.78 is 0. The van der Waals surface area contributed by atoms with Gasteiger partial charge in [-0.3, -0.25) is 24.6 Å². The predicted octanol–water partition coefficient (Wildman–Crippen LogP) is 5.68. The quantitative estimate of drug-likeness (QED) is 0.149. The molecular weight excluding hydrogens is 691 g/mol. The fourth-order valence-electron chi connectivity index (χ4n) is 8.82. The number of piperidine rings is 2. The van der Waals surface area contributed by atoms with Gasteiger partial charge in [-0.05, 0) is 102 Å². The van der Waals surface area contributed by atoms with Crippen molar-refractivity contribution in [3.8, 4) is 5.75 Å². The van der Waals surface area contributed by atoms with Crippen LogP contribution in [-0.2, 0) is 16.1 Å². The van der Waals surface area contributed by atoms with E-state index in [4.69, 9.17) is 0 Å². The number of rotatable bonds is 9. The summed E-state index contributed by atoms with van der Waals surface area (Å²) in [5.41, 5.74) is 8.81. The summed E-state index contributed by atoms with van der Waals surface area (Å²) in [6, 6.07) is 32.1. The van der Waals surface area contributed by atoms with E-state index in [-0.39, 0.29) is 24.0 Å². The number of nitrogens with zero attached hydrogens (tertiary/aromatic N) is 4. The third-order valence-corrected chi connectivity index (χ3v) is 11.9. The minimum Gasteiger partial charge on any atom is -0.508 e. The molecule has 3 saturated heterocycles. The third kappa shape index (κ3) is 7.61. The minimum atomic E-state index is -0.744. The molecule has 0 radical (unpaired) electrons. The largest absolute Gasteiger partial charge is 0.508 e. The molecule has 0 saturated carbocycles. The average Bonchev–Trinajstić information content (AvgIpc) is 3.53. The number of carbonyl (C=O) groups is 3. The molecule has 10 nitrogen and oxygen atoms in total. The van der Waals surface area contributed by atoms with E-state index in [9.17, 15) is 24.6 Å².